The maximum atomic E-state index is 13.2. The normalized spacial score (nSPS) is 11.1. The van der Waals surface area contributed by atoms with Gasteiger partial charge in [-0.15, -0.1) is 0 Å². The number of aromatic amines is 1. The minimum Gasteiger partial charge on any atom is -0.478 e. The lowest BCUT2D eigenvalue weighted by atomic mass is 10.1. The Morgan fingerprint density at radius 1 is 1.15 bits per heavy atom. The van der Waals surface area contributed by atoms with E-state index < -0.39 is 10.0 Å². The molecule has 14 heteroatoms. The molecule has 0 aliphatic heterocycles. The molecule has 0 fully saturated rings. The lowest BCUT2D eigenvalue weighted by molar-refractivity contribution is 0.290. The lowest BCUT2D eigenvalue weighted by Gasteiger charge is -2.13. The molecule has 0 spiro atoms. The first-order valence-electron chi connectivity index (χ1n) is 9.49. The number of halogens is 1. The number of methoxy groups -OCH3 is 2. The van der Waals surface area contributed by atoms with Gasteiger partial charge in [0.1, 0.15) is 11.0 Å². The highest BCUT2D eigenvalue weighted by Gasteiger charge is 2.25. The number of hydrogen-bond acceptors (Lipinski definition) is 10. The Morgan fingerprint density at radius 3 is 2.44 bits per heavy atom. The number of sulfonamides is 1. The van der Waals surface area contributed by atoms with Crippen molar-refractivity contribution in [2.75, 3.05) is 25.5 Å². The first kappa shape index (κ1) is 23.0. The average molecular weight is 502 g/mol. The van der Waals surface area contributed by atoms with Gasteiger partial charge in [0.05, 0.1) is 30.3 Å². The van der Waals surface area contributed by atoms with E-state index in [9.17, 15) is 8.42 Å². The maximum Gasteiger partial charge on any atom is 0.266 e. The van der Waals surface area contributed by atoms with Crippen molar-refractivity contribution in [3.63, 3.8) is 0 Å². The van der Waals surface area contributed by atoms with Crippen molar-refractivity contribution in [1.29, 1.82) is 5.26 Å². The van der Waals surface area contributed by atoms with Gasteiger partial charge in [-0.3, -0.25) is 0 Å². The highest BCUT2D eigenvalue weighted by molar-refractivity contribution is 7.93. The minimum atomic E-state index is -4.18. The van der Waals surface area contributed by atoms with Crippen molar-refractivity contribution in [3.05, 3.63) is 41.8 Å². The molecule has 3 heterocycles. The summed E-state index contributed by atoms with van der Waals surface area (Å²) in [4.78, 5) is 19.3. The van der Waals surface area contributed by atoms with Gasteiger partial charge >= 0.3 is 0 Å². The Bertz CT molecular complexity index is 1480. The molecule has 0 unspecified atom stereocenters. The van der Waals surface area contributed by atoms with E-state index in [1.54, 1.807) is 36.7 Å². The number of ether oxygens (including phenoxy) is 3. The summed E-state index contributed by atoms with van der Waals surface area (Å²) in [6.45, 7) is -0.313. The summed E-state index contributed by atoms with van der Waals surface area (Å²) in [5.41, 5.74) is 0.898. The zero-order chi connectivity index (χ0) is 24.3. The van der Waals surface area contributed by atoms with Crippen LogP contribution in [-0.2, 0) is 10.0 Å². The van der Waals surface area contributed by atoms with Crippen molar-refractivity contribution < 1.29 is 22.6 Å². The molecule has 0 bridgehead atoms. The molecule has 0 aliphatic carbocycles. The van der Waals surface area contributed by atoms with Crippen molar-refractivity contribution in [1.82, 2.24) is 24.9 Å². The summed E-state index contributed by atoms with van der Waals surface area (Å²) in [7, 11) is -1.58. The fourth-order valence-electron chi connectivity index (χ4n) is 3.15. The van der Waals surface area contributed by atoms with Crippen molar-refractivity contribution in [2.45, 2.75) is 4.90 Å². The van der Waals surface area contributed by atoms with E-state index in [2.05, 4.69) is 29.6 Å². The van der Waals surface area contributed by atoms with Crippen molar-refractivity contribution in [2.24, 2.45) is 0 Å². The van der Waals surface area contributed by atoms with Crippen LogP contribution in [0.5, 0.6) is 17.5 Å². The van der Waals surface area contributed by atoms with Gasteiger partial charge in [0.25, 0.3) is 21.8 Å². The molecule has 4 rings (SSSR count). The number of benzene rings is 1. The number of rotatable bonds is 8. The van der Waals surface area contributed by atoms with Gasteiger partial charge in [-0.2, -0.15) is 15.2 Å². The SMILES string of the molecule is COc1nc(NS(=O)(=O)c2c[nH]c3c(-c4ncccn4)c(Cl)ccc23)nc(OC)c1OCC#N. The van der Waals surface area contributed by atoms with E-state index in [4.69, 9.17) is 31.1 Å². The Labute approximate surface area is 198 Å². The second-order valence-corrected chi connectivity index (χ2v) is 8.58. The lowest BCUT2D eigenvalue weighted by Crippen LogP contribution is -2.16. The molecule has 0 radical (unpaired) electrons. The third kappa shape index (κ3) is 4.24. The van der Waals surface area contributed by atoms with Crippen LogP contribution in [0.25, 0.3) is 22.3 Å². The molecule has 0 saturated heterocycles. The molecule has 34 heavy (non-hydrogen) atoms. The van der Waals surface area contributed by atoms with E-state index in [1.165, 1.54) is 20.4 Å². The fourth-order valence-corrected chi connectivity index (χ4v) is 4.51. The van der Waals surface area contributed by atoms with Crippen LogP contribution in [0.3, 0.4) is 0 Å². The van der Waals surface area contributed by atoms with Gasteiger partial charge in [0.15, 0.2) is 12.4 Å². The Kier molecular flexibility index (Phi) is 6.35. The highest BCUT2D eigenvalue weighted by Crippen LogP contribution is 2.37. The zero-order valence-electron chi connectivity index (χ0n) is 17.7. The summed E-state index contributed by atoms with van der Waals surface area (Å²) in [6.07, 6.45) is 4.43. The predicted molar refractivity (Wildman–Crippen MR) is 121 cm³/mol. The Balaban J connectivity index is 1.77. The van der Waals surface area contributed by atoms with Crippen LogP contribution in [0.4, 0.5) is 5.95 Å². The van der Waals surface area contributed by atoms with E-state index >= 15 is 0 Å². The highest BCUT2D eigenvalue weighted by atomic mass is 35.5. The summed E-state index contributed by atoms with van der Waals surface area (Å²) < 4.78 is 44.3. The summed E-state index contributed by atoms with van der Waals surface area (Å²) in [5, 5.41) is 9.46. The van der Waals surface area contributed by atoms with Gasteiger partial charge in [-0.1, -0.05) is 11.6 Å². The number of nitrogens with one attached hydrogen (secondary N) is 2. The second kappa shape index (κ2) is 9.38. The van der Waals surface area contributed by atoms with Gasteiger partial charge in [-0.05, 0) is 18.2 Å². The predicted octanol–water partition coefficient (Wildman–Crippen LogP) is 2.79. The van der Waals surface area contributed by atoms with Crippen LogP contribution in [0, 0.1) is 11.3 Å². The van der Waals surface area contributed by atoms with Crippen LogP contribution in [-0.4, -0.2) is 54.2 Å². The summed E-state index contributed by atoms with van der Waals surface area (Å²) in [5.74, 6) is -0.262. The molecule has 0 amide bonds. The van der Waals surface area contributed by atoms with E-state index in [-0.39, 0.29) is 35.0 Å². The molecule has 12 nitrogen and oxygen atoms in total. The fraction of sp³-hybridized carbons (Fsp3) is 0.150. The van der Waals surface area contributed by atoms with E-state index in [0.717, 1.165) is 0 Å². The molecule has 0 saturated carbocycles. The number of hydrogen-bond donors (Lipinski definition) is 2. The number of nitrogens with zero attached hydrogens (tertiary/aromatic N) is 5. The van der Waals surface area contributed by atoms with E-state index in [1.807, 2.05) is 0 Å². The molecular weight excluding hydrogens is 486 g/mol. The monoisotopic (exact) mass is 501 g/mol. The topological polar surface area (TPSA) is 165 Å². The zero-order valence-corrected chi connectivity index (χ0v) is 19.3. The molecule has 2 N–H and O–H groups in total. The van der Waals surface area contributed by atoms with Gasteiger partial charge in [-0.25, -0.2) is 23.1 Å². The van der Waals surface area contributed by atoms with Crippen LogP contribution >= 0.6 is 11.6 Å². The first-order valence-corrected chi connectivity index (χ1v) is 11.3. The average Bonchev–Trinajstić information content (AvgIpc) is 3.28. The number of aromatic nitrogens is 5. The van der Waals surface area contributed by atoms with E-state index in [0.29, 0.717) is 27.3 Å². The summed E-state index contributed by atoms with van der Waals surface area (Å²) >= 11 is 6.36. The molecule has 1 aromatic carbocycles. The molecule has 3 aromatic heterocycles. The van der Waals surface area contributed by atoms with Crippen LogP contribution < -0.4 is 18.9 Å². The first-order chi connectivity index (χ1) is 16.4. The third-order valence-electron chi connectivity index (χ3n) is 4.54. The largest absolute Gasteiger partial charge is 0.478 e. The van der Waals surface area contributed by atoms with Crippen LogP contribution in [0.2, 0.25) is 5.02 Å². The van der Waals surface area contributed by atoms with Crippen LogP contribution in [0.1, 0.15) is 0 Å². The number of anilines is 1. The third-order valence-corrected chi connectivity index (χ3v) is 6.23. The molecular formula is C20H16ClN7O5S. The minimum absolute atomic E-state index is 0.0382. The van der Waals surface area contributed by atoms with Crippen LogP contribution in [0.15, 0.2) is 41.7 Å². The van der Waals surface area contributed by atoms with Gasteiger partial charge < -0.3 is 19.2 Å². The second-order valence-electron chi connectivity index (χ2n) is 6.52. The maximum absolute atomic E-state index is 13.2. The quantitative estimate of drug-likeness (QED) is 0.366. The molecule has 0 aliphatic rings. The molecule has 4 aromatic rings. The van der Waals surface area contributed by atoms with Crippen molar-refractivity contribution in [3.8, 4) is 35.0 Å². The Hall–Kier alpha value is -4.15. The van der Waals surface area contributed by atoms with Crippen molar-refractivity contribution >= 4 is 38.5 Å². The van der Waals surface area contributed by atoms with Gasteiger partial charge in [0, 0.05) is 24.0 Å². The Morgan fingerprint density at radius 2 is 1.82 bits per heavy atom. The number of H-pyrrole nitrogens is 1. The molecule has 0 atom stereocenters. The smallest absolute Gasteiger partial charge is 0.266 e. The molecule has 174 valence electrons. The van der Waals surface area contributed by atoms with Gasteiger partial charge in [0.2, 0.25) is 11.7 Å². The number of fused-ring (bicyclic) bond motifs is 1. The number of nitriles is 1. The standard InChI is InChI=1S/C20H16ClN7O5S/c1-31-18-16(33-9-6-22)19(32-2)27-20(26-18)28-34(29,30)13-10-25-15-11(13)4-5-12(21)14(15)17-23-7-3-8-24-17/h3-5,7-8,10,25H,9H2,1-2H3,(H,26,27,28). The summed E-state index contributed by atoms with van der Waals surface area (Å²) in [6, 6.07) is 6.59.